The maximum absolute atomic E-state index is 14.0. The van der Waals surface area contributed by atoms with E-state index in [2.05, 4.69) is 30.0 Å². The number of anilines is 2. The van der Waals surface area contributed by atoms with Crippen LogP contribution in [0.3, 0.4) is 0 Å². The van der Waals surface area contributed by atoms with Gasteiger partial charge in [-0.2, -0.15) is 15.0 Å². The minimum Gasteiger partial charge on any atom is -0.365 e. The molecule has 4 aromatic rings. The number of aldehydes is 1. The summed E-state index contributed by atoms with van der Waals surface area (Å²) >= 11 is 0. The molecule has 2 aliphatic heterocycles. The number of carbonyl (C=O) groups excluding carboxylic acids is 1. The molecule has 8 nitrogen and oxygen atoms in total. The first-order valence-corrected chi connectivity index (χ1v) is 11.0. The molecule has 0 N–H and O–H groups in total. The molecule has 0 amide bonds. The van der Waals surface area contributed by atoms with Crippen LogP contribution in [0.5, 0.6) is 0 Å². The number of hydrogen-bond acceptors (Lipinski definition) is 7. The molecule has 0 saturated carbocycles. The first kappa shape index (κ1) is 19.8. The van der Waals surface area contributed by atoms with E-state index in [-0.39, 0.29) is 17.4 Å². The van der Waals surface area contributed by atoms with Crippen LogP contribution in [0.2, 0.25) is 0 Å². The van der Waals surface area contributed by atoms with E-state index < -0.39 is 0 Å². The summed E-state index contributed by atoms with van der Waals surface area (Å²) in [4.78, 5) is 27.2. The molecule has 6 rings (SSSR count). The number of halogens is 1. The molecule has 2 saturated heterocycles. The molecular weight excluding hydrogens is 421 g/mol. The Balaban J connectivity index is 1.32. The lowest BCUT2D eigenvalue weighted by Gasteiger charge is -2.55. The molecule has 0 unspecified atom stereocenters. The van der Waals surface area contributed by atoms with Crippen molar-refractivity contribution in [1.82, 2.24) is 25.0 Å². The molecule has 0 spiro atoms. The Kier molecular flexibility index (Phi) is 4.56. The Labute approximate surface area is 189 Å². The minimum absolute atomic E-state index is 0.252. The predicted octanol–water partition coefficient (Wildman–Crippen LogP) is 3.19. The largest absolute Gasteiger partial charge is 0.365 e. The predicted molar refractivity (Wildman–Crippen MR) is 122 cm³/mol. The number of benzene rings is 2. The van der Waals surface area contributed by atoms with E-state index in [1.807, 2.05) is 19.1 Å². The number of fused-ring (bicyclic) bond motifs is 2. The Morgan fingerprint density at radius 2 is 1.97 bits per heavy atom. The standard InChI is InChI=1S/C24H22FN7O/c1-15-5-6-20(32-27-8-9-28-32)17(14-33)24(15)31-12-16-7-10-30(13-21(16)31)22-11-26-23-18(25)3-2-4-19(23)29-22/h2-6,8-9,11,14,16,21H,7,10,12-13H2,1H3/t16-,21-/m1/s1. The second kappa shape index (κ2) is 7.61. The molecular formula is C24H22FN7O. The Bertz CT molecular complexity index is 1360. The van der Waals surface area contributed by atoms with E-state index >= 15 is 0 Å². The minimum atomic E-state index is -0.362. The van der Waals surface area contributed by atoms with Crippen LogP contribution in [0.15, 0.2) is 48.9 Å². The van der Waals surface area contributed by atoms with E-state index in [1.54, 1.807) is 30.7 Å². The van der Waals surface area contributed by atoms with Gasteiger partial charge >= 0.3 is 0 Å². The van der Waals surface area contributed by atoms with Crippen LogP contribution in [-0.2, 0) is 0 Å². The summed E-state index contributed by atoms with van der Waals surface area (Å²) < 4.78 is 14.0. The van der Waals surface area contributed by atoms with Crippen molar-refractivity contribution in [2.75, 3.05) is 29.4 Å². The smallest absolute Gasteiger partial charge is 0.154 e. The molecule has 0 radical (unpaired) electrons. The fourth-order valence-corrected chi connectivity index (χ4v) is 5.13. The number of carbonyl (C=O) groups is 1. The monoisotopic (exact) mass is 443 g/mol. The summed E-state index contributed by atoms with van der Waals surface area (Å²) in [6.45, 7) is 4.58. The Morgan fingerprint density at radius 1 is 1.12 bits per heavy atom. The maximum Gasteiger partial charge on any atom is 0.154 e. The third kappa shape index (κ3) is 3.14. The van der Waals surface area contributed by atoms with Crippen LogP contribution < -0.4 is 9.80 Å². The number of nitrogens with zero attached hydrogens (tertiary/aromatic N) is 7. The van der Waals surface area contributed by atoms with Crippen LogP contribution in [0.1, 0.15) is 22.3 Å². The van der Waals surface area contributed by atoms with Crippen LogP contribution in [0.25, 0.3) is 16.7 Å². The quantitative estimate of drug-likeness (QED) is 0.448. The maximum atomic E-state index is 14.0. The van der Waals surface area contributed by atoms with Gasteiger partial charge < -0.3 is 9.80 Å². The lowest BCUT2D eigenvalue weighted by atomic mass is 9.81. The van der Waals surface area contributed by atoms with Gasteiger partial charge in [-0.05, 0) is 37.1 Å². The van der Waals surface area contributed by atoms with Gasteiger partial charge in [0.25, 0.3) is 0 Å². The molecule has 2 aliphatic rings. The lowest BCUT2D eigenvalue weighted by Crippen LogP contribution is -2.65. The summed E-state index contributed by atoms with van der Waals surface area (Å²) in [6, 6.07) is 8.98. The van der Waals surface area contributed by atoms with Gasteiger partial charge in [0.05, 0.1) is 47.1 Å². The number of aromatic nitrogens is 5. The molecule has 2 atom stereocenters. The molecule has 166 valence electrons. The van der Waals surface area contributed by atoms with Crippen molar-refractivity contribution in [3.63, 3.8) is 0 Å². The van der Waals surface area contributed by atoms with E-state index in [1.165, 1.54) is 10.9 Å². The van der Waals surface area contributed by atoms with Crippen molar-refractivity contribution in [1.29, 1.82) is 0 Å². The Hall–Kier alpha value is -3.88. The fraction of sp³-hybridized carbons (Fsp3) is 0.292. The average molecular weight is 443 g/mol. The molecule has 2 aromatic carbocycles. The molecule has 0 bridgehead atoms. The van der Waals surface area contributed by atoms with Crippen molar-refractivity contribution in [3.05, 3.63) is 65.9 Å². The lowest BCUT2D eigenvalue weighted by molar-refractivity contribution is 0.112. The normalized spacial score (nSPS) is 19.9. The van der Waals surface area contributed by atoms with Crippen molar-refractivity contribution in [2.45, 2.75) is 19.4 Å². The first-order chi connectivity index (χ1) is 16.1. The molecule has 33 heavy (non-hydrogen) atoms. The second-order valence-electron chi connectivity index (χ2n) is 8.65. The van der Waals surface area contributed by atoms with Crippen LogP contribution in [-0.4, -0.2) is 56.9 Å². The molecule has 0 aliphatic carbocycles. The molecule has 4 heterocycles. The van der Waals surface area contributed by atoms with Gasteiger partial charge in [0.2, 0.25) is 0 Å². The van der Waals surface area contributed by atoms with Crippen LogP contribution in [0.4, 0.5) is 15.9 Å². The summed E-state index contributed by atoms with van der Waals surface area (Å²) in [5, 5.41) is 8.42. The SMILES string of the molecule is Cc1ccc(-n2nccn2)c(C=O)c1N1C[C@H]2CCN(c3cnc4c(F)cccc4n3)C[C@H]21. The summed E-state index contributed by atoms with van der Waals surface area (Å²) in [5.41, 5.74) is 4.10. The van der Waals surface area contributed by atoms with Crippen LogP contribution >= 0.6 is 0 Å². The van der Waals surface area contributed by atoms with Gasteiger partial charge in [-0.15, -0.1) is 0 Å². The fourth-order valence-electron chi connectivity index (χ4n) is 5.13. The third-order valence-corrected chi connectivity index (χ3v) is 6.82. The number of para-hydroxylation sites is 1. The van der Waals surface area contributed by atoms with Gasteiger partial charge in [-0.25, -0.2) is 14.4 Å². The second-order valence-corrected chi connectivity index (χ2v) is 8.65. The van der Waals surface area contributed by atoms with Crippen molar-refractivity contribution in [2.24, 2.45) is 5.92 Å². The zero-order valence-electron chi connectivity index (χ0n) is 18.1. The summed E-state index contributed by atoms with van der Waals surface area (Å²) in [6.07, 6.45) is 6.78. The van der Waals surface area contributed by atoms with Gasteiger partial charge in [0.1, 0.15) is 11.3 Å². The number of rotatable bonds is 4. The first-order valence-electron chi connectivity index (χ1n) is 11.0. The average Bonchev–Trinajstić information content (AvgIpc) is 3.35. The highest BCUT2D eigenvalue weighted by molar-refractivity contribution is 5.91. The van der Waals surface area contributed by atoms with Gasteiger partial charge in [-0.1, -0.05) is 12.1 Å². The summed E-state index contributed by atoms with van der Waals surface area (Å²) in [7, 11) is 0. The topological polar surface area (TPSA) is 80.0 Å². The van der Waals surface area contributed by atoms with E-state index in [0.29, 0.717) is 22.7 Å². The third-order valence-electron chi connectivity index (χ3n) is 6.82. The van der Waals surface area contributed by atoms with Gasteiger partial charge in [0, 0.05) is 25.6 Å². The van der Waals surface area contributed by atoms with E-state index in [0.717, 1.165) is 49.4 Å². The van der Waals surface area contributed by atoms with Crippen molar-refractivity contribution in [3.8, 4) is 5.69 Å². The van der Waals surface area contributed by atoms with Gasteiger partial charge in [-0.3, -0.25) is 4.79 Å². The highest BCUT2D eigenvalue weighted by Crippen LogP contribution is 2.41. The highest BCUT2D eigenvalue weighted by atomic mass is 19.1. The van der Waals surface area contributed by atoms with Crippen LogP contribution in [0, 0.1) is 18.7 Å². The number of hydrogen-bond donors (Lipinski definition) is 0. The highest BCUT2D eigenvalue weighted by Gasteiger charge is 2.44. The number of aryl methyl sites for hydroxylation is 1. The Morgan fingerprint density at radius 3 is 2.79 bits per heavy atom. The van der Waals surface area contributed by atoms with E-state index in [4.69, 9.17) is 0 Å². The molecule has 9 heteroatoms. The van der Waals surface area contributed by atoms with E-state index in [9.17, 15) is 9.18 Å². The molecule has 2 aromatic heterocycles. The zero-order chi connectivity index (χ0) is 22.5. The van der Waals surface area contributed by atoms with Gasteiger partial charge in [0.15, 0.2) is 12.1 Å². The van der Waals surface area contributed by atoms with Crippen molar-refractivity contribution < 1.29 is 9.18 Å². The van der Waals surface area contributed by atoms with Crippen molar-refractivity contribution >= 4 is 28.8 Å². The summed E-state index contributed by atoms with van der Waals surface area (Å²) in [5.74, 6) is 0.941. The molecule has 2 fully saturated rings. The zero-order valence-corrected chi connectivity index (χ0v) is 18.1. The number of piperidine rings is 1.